The number of benzene rings is 1. The summed E-state index contributed by atoms with van der Waals surface area (Å²) in [6.45, 7) is 3.15. The maximum Gasteiger partial charge on any atom is 0.248 e. The molecule has 5 rings (SSSR count). The van der Waals surface area contributed by atoms with E-state index < -0.39 is 0 Å². The van der Waals surface area contributed by atoms with E-state index in [4.69, 9.17) is 14.2 Å². The minimum Gasteiger partial charge on any atom is -0.493 e. The zero-order valence-electron chi connectivity index (χ0n) is 20.4. The fraction of sp³-hybridized carbons (Fsp3) is 0.520. The molecule has 0 radical (unpaired) electrons. The summed E-state index contributed by atoms with van der Waals surface area (Å²) in [6, 6.07) is 3.12. The van der Waals surface area contributed by atoms with Gasteiger partial charge in [-0.3, -0.25) is 9.20 Å². The second-order valence-electron chi connectivity index (χ2n) is 9.07. The number of hydrogen-bond donors (Lipinski definition) is 1. The lowest BCUT2D eigenvalue weighted by Gasteiger charge is -2.21. The highest BCUT2D eigenvalue weighted by Gasteiger charge is 2.25. The van der Waals surface area contributed by atoms with Crippen molar-refractivity contribution in [1.29, 1.82) is 0 Å². The van der Waals surface area contributed by atoms with Crippen molar-refractivity contribution in [3.8, 4) is 5.75 Å². The Bertz CT molecular complexity index is 1220. The molecule has 2 aliphatic rings. The maximum absolute atomic E-state index is 14.5. The van der Waals surface area contributed by atoms with Crippen LogP contribution in [0.4, 0.5) is 10.3 Å². The summed E-state index contributed by atoms with van der Waals surface area (Å²) in [5.41, 5.74) is 3.23. The van der Waals surface area contributed by atoms with Crippen molar-refractivity contribution in [3.63, 3.8) is 0 Å². The predicted molar refractivity (Wildman–Crippen MR) is 130 cm³/mol. The zero-order chi connectivity index (χ0) is 24.9. The third kappa shape index (κ3) is 5.12. The topological polar surface area (TPSA) is 103 Å². The van der Waals surface area contributed by atoms with Crippen LogP contribution in [0.5, 0.6) is 5.75 Å². The number of nitrogens with one attached hydrogen (secondary N) is 1. The summed E-state index contributed by atoms with van der Waals surface area (Å²) >= 11 is 0. The first-order valence-electron chi connectivity index (χ1n) is 12.4. The number of carbonyl (C=O) groups excluding carboxylic acids is 1. The first-order valence-corrected chi connectivity index (χ1v) is 12.4. The van der Waals surface area contributed by atoms with Crippen LogP contribution in [0.3, 0.4) is 0 Å². The largest absolute Gasteiger partial charge is 0.493 e. The molecule has 1 unspecified atom stereocenters. The SMILES string of the molecule is COCCOCC(=O)N1CCCC(c2cnc(NCc3c(F)ccc4c3CCO4)n3cnnc23)CC1. The van der Waals surface area contributed by atoms with Gasteiger partial charge in [-0.1, -0.05) is 0 Å². The molecule has 36 heavy (non-hydrogen) atoms. The van der Waals surface area contributed by atoms with Gasteiger partial charge in [0.25, 0.3) is 0 Å². The lowest BCUT2D eigenvalue weighted by molar-refractivity contribution is -0.136. The molecule has 0 saturated carbocycles. The number of ether oxygens (including phenoxy) is 3. The summed E-state index contributed by atoms with van der Waals surface area (Å²) < 4.78 is 32.3. The minimum atomic E-state index is -0.259. The van der Waals surface area contributed by atoms with E-state index in [2.05, 4.69) is 20.5 Å². The molecule has 10 nitrogen and oxygen atoms in total. The van der Waals surface area contributed by atoms with Crippen LogP contribution in [0.1, 0.15) is 41.9 Å². The fourth-order valence-electron chi connectivity index (χ4n) is 4.98. The molecule has 192 valence electrons. The Morgan fingerprint density at radius 3 is 3.08 bits per heavy atom. The van der Waals surface area contributed by atoms with Gasteiger partial charge in [-0.25, -0.2) is 9.37 Å². The molecule has 0 spiro atoms. The molecular weight excluding hydrogens is 467 g/mol. The highest BCUT2D eigenvalue weighted by molar-refractivity contribution is 5.77. The summed E-state index contributed by atoms with van der Waals surface area (Å²) in [6.07, 6.45) is 6.76. The van der Waals surface area contributed by atoms with Crippen molar-refractivity contribution in [1.82, 2.24) is 24.5 Å². The second kappa shape index (κ2) is 11.2. The first-order chi connectivity index (χ1) is 17.7. The molecular formula is C25H31FN6O4. The highest BCUT2D eigenvalue weighted by Crippen LogP contribution is 2.32. The van der Waals surface area contributed by atoms with Crippen molar-refractivity contribution >= 4 is 17.5 Å². The quantitative estimate of drug-likeness (QED) is 0.449. The van der Waals surface area contributed by atoms with Crippen LogP contribution in [-0.2, 0) is 27.2 Å². The van der Waals surface area contributed by atoms with Gasteiger partial charge in [0.15, 0.2) is 5.65 Å². The molecule has 0 bridgehead atoms. The lowest BCUT2D eigenvalue weighted by atomic mass is 9.94. The minimum absolute atomic E-state index is 0.00193. The summed E-state index contributed by atoms with van der Waals surface area (Å²) in [4.78, 5) is 19.0. The van der Waals surface area contributed by atoms with Crippen LogP contribution in [-0.4, -0.2) is 77.0 Å². The van der Waals surface area contributed by atoms with Crippen molar-refractivity contribution in [3.05, 3.63) is 47.2 Å². The number of nitrogens with zero attached hydrogens (tertiary/aromatic N) is 5. The highest BCUT2D eigenvalue weighted by atomic mass is 19.1. The lowest BCUT2D eigenvalue weighted by Crippen LogP contribution is -2.35. The van der Waals surface area contributed by atoms with Crippen LogP contribution >= 0.6 is 0 Å². The molecule has 0 aliphatic carbocycles. The molecule has 4 heterocycles. The number of methoxy groups -OCH3 is 1. The van der Waals surface area contributed by atoms with Gasteiger partial charge in [-0.15, -0.1) is 10.2 Å². The summed E-state index contributed by atoms with van der Waals surface area (Å²) in [7, 11) is 1.60. The number of fused-ring (bicyclic) bond motifs is 2. The fourth-order valence-corrected chi connectivity index (χ4v) is 4.98. The Labute approximate surface area is 208 Å². The van der Waals surface area contributed by atoms with Crippen LogP contribution < -0.4 is 10.1 Å². The van der Waals surface area contributed by atoms with E-state index in [0.717, 1.165) is 41.8 Å². The molecule has 1 atom stereocenters. The van der Waals surface area contributed by atoms with Crippen LogP contribution in [0.25, 0.3) is 5.65 Å². The number of carbonyl (C=O) groups is 1. The van der Waals surface area contributed by atoms with Gasteiger partial charge < -0.3 is 24.4 Å². The Morgan fingerprint density at radius 2 is 2.19 bits per heavy atom. The number of halogens is 1. The average molecular weight is 499 g/mol. The number of anilines is 1. The molecule has 1 aromatic carbocycles. The predicted octanol–water partition coefficient (Wildman–Crippen LogP) is 2.57. The van der Waals surface area contributed by atoms with Gasteiger partial charge in [-0.2, -0.15) is 0 Å². The Morgan fingerprint density at radius 1 is 1.28 bits per heavy atom. The van der Waals surface area contributed by atoms with Crippen molar-refractivity contribution in [2.75, 3.05) is 51.9 Å². The van der Waals surface area contributed by atoms with Gasteiger partial charge in [0.1, 0.15) is 24.5 Å². The van der Waals surface area contributed by atoms with E-state index in [1.165, 1.54) is 6.07 Å². The van der Waals surface area contributed by atoms with E-state index in [-0.39, 0.29) is 30.8 Å². The second-order valence-corrected chi connectivity index (χ2v) is 9.07. The average Bonchev–Trinajstić information content (AvgIpc) is 3.51. The molecule has 1 N–H and O–H groups in total. The van der Waals surface area contributed by atoms with Gasteiger partial charge in [0.05, 0.1) is 19.8 Å². The number of likely N-dealkylation sites (tertiary alicyclic amines) is 1. The van der Waals surface area contributed by atoms with Crippen molar-refractivity contribution in [2.45, 2.75) is 38.1 Å². The summed E-state index contributed by atoms with van der Waals surface area (Å²) in [5, 5.41) is 11.7. The molecule has 11 heteroatoms. The number of rotatable bonds is 9. The van der Waals surface area contributed by atoms with Gasteiger partial charge >= 0.3 is 0 Å². The monoisotopic (exact) mass is 498 g/mol. The third-order valence-electron chi connectivity index (χ3n) is 6.90. The standard InChI is InChI=1S/C25H31FN6O4/c1-34-11-12-35-15-23(33)31-8-2-3-17(6-9-31)19-13-27-25(32-16-29-30-24(19)32)28-14-20-18-7-10-36-22(18)5-4-21(20)26/h4-5,13,16-17H,2-3,6-12,14-15H2,1H3,(H,27,28). The molecule has 2 aliphatic heterocycles. The number of aromatic nitrogens is 4. The van der Waals surface area contributed by atoms with Crippen LogP contribution in [0.15, 0.2) is 24.7 Å². The number of amides is 1. The van der Waals surface area contributed by atoms with Gasteiger partial charge in [0.2, 0.25) is 11.9 Å². The zero-order valence-corrected chi connectivity index (χ0v) is 20.4. The Kier molecular flexibility index (Phi) is 7.57. The summed E-state index contributed by atoms with van der Waals surface area (Å²) in [5.74, 6) is 1.24. The Balaban J connectivity index is 1.26. The van der Waals surface area contributed by atoms with E-state index in [1.807, 2.05) is 15.5 Å². The van der Waals surface area contributed by atoms with Crippen LogP contribution in [0.2, 0.25) is 0 Å². The molecule has 1 saturated heterocycles. The van der Waals surface area contributed by atoms with E-state index in [1.54, 1.807) is 19.5 Å². The molecule has 2 aromatic heterocycles. The number of hydrogen-bond acceptors (Lipinski definition) is 8. The normalized spacial score (nSPS) is 17.6. The first kappa shape index (κ1) is 24.4. The van der Waals surface area contributed by atoms with Crippen LogP contribution in [0, 0.1) is 5.82 Å². The van der Waals surface area contributed by atoms with Gasteiger partial charge in [0, 0.05) is 56.1 Å². The van der Waals surface area contributed by atoms with E-state index in [9.17, 15) is 9.18 Å². The molecule has 1 fully saturated rings. The molecule has 3 aromatic rings. The smallest absolute Gasteiger partial charge is 0.248 e. The van der Waals surface area contributed by atoms with E-state index >= 15 is 0 Å². The molecule has 1 amide bonds. The van der Waals surface area contributed by atoms with E-state index in [0.29, 0.717) is 50.8 Å². The van der Waals surface area contributed by atoms with Crippen molar-refractivity contribution < 1.29 is 23.4 Å². The maximum atomic E-state index is 14.5. The van der Waals surface area contributed by atoms with Crippen molar-refractivity contribution in [2.24, 2.45) is 0 Å². The third-order valence-corrected chi connectivity index (χ3v) is 6.90. The Hall–Kier alpha value is -3.31. The van der Waals surface area contributed by atoms with Gasteiger partial charge in [-0.05, 0) is 37.3 Å².